The summed E-state index contributed by atoms with van der Waals surface area (Å²) in [6.45, 7) is 1.22. The van der Waals surface area contributed by atoms with E-state index in [1.807, 2.05) is 0 Å². The first-order chi connectivity index (χ1) is 6.97. The number of benzene rings is 1. The number of rotatable bonds is 3. The van der Waals surface area contributed by atoms with E-state index >= 15 is 0 Å². The largest absolute Gasteiger partial charge is 0.495 e. The fraction of sp³-hybridized carbons (Fsp3) is 0.300. The highest BCUT2D eigenvalue weighted by Gasteiger charge is 2.18. The van der Waals surface area contributed by atoms with E-state index in [1.165, 1.54) is 20.1 Å². The number of Topliss-reactive ketones (excluding diaryl/α,β-unsaturated/α-hetero) is 1. The first-order valence-electron chi connectivity index (χ1n) is 4.23. The monoisotopic (exact) mass is 215 g/mol. The summed E-state index contributed by atoms with van der Waals surface area (Å²) >= 11 is 0. The van der Waals surface area contributed by atoms with Gasteiger partial charge in [0.25, 0.3) is 6.43 Å². The van der Waals surface area contributed by atoms with Gasteiger partial charge in [-0.2, -0.15) is 0 Å². The molecule has 0 heterocycles. The van der Waals surface area contributed by atoms with Gasteiger partial charge < -0.3 is 10.5 Å². The second kappa shape index (κ2) is 4.25. The summed E-state index contributed by atoms with van der Waals surface area (Å²) in [5, 5.41) is 0. The lowest BCUT2D eigenvalue weighted by Gasteiger charge is -2.11. The minimum Gasteiger partial charge on any atom is -0.495 e. The van der Waals surface area contributed by atoms with Crippen LogP contribution in [-0.4, -0.2) is 12.9 Å². The maximum absolute atomic E-state index is 12.6. The van der Waals surface area contributed by atoms with E-state index in [0.717, 1.165) is 6.07 Å². The van der Waals surface area contributed by atoms with E-state index in [0.29, 0.717) is 0 Å². The van der Waals surface area contributed by atoms with E-state index < -0.39 is 12.2 Å². The Morgan fingerprint density at radius 3 is 2.47 bits per heavy atom. The van der Waals surface area contributed by atoms with E-state index in [2.05, 4.69) is 0 Å². The summed E-state index contributed by atoms with van der Waals surface area (Å²) in [5.74, 6) is -0.296. The molecule has 0 atom stereocenters. The molecule has 0 aliphatic heterocycles. The Morgan fingerprint density at radius 1 is 1.47 bits per heavy atom. The predicted molar refractivity (Wildman–Crippen MR) is 52.4 cm³/mol. The molecule has 0 spiro atoms. The lowest BCUT2D eigenvalue weighted by atomic mass is 10.0. The van der Waals surface area contributed by atoms with Gasteiger partial charge in [-0.15, -0.1) is 0 Å². The van der Waals surface area contributed by atoms with Crippen LogP contribution in [0.2, 0.25) is 0 Å². The van der Waals surface area contributed by atoms with Crippen LogP contribution in [0.5, 0.6) is 5.75 Å². The van der Waals surface area contributed by atoms with Crippen LogP contribution < -0.4 is 10.5 Å². The van der Waals surface area contributed by atoms with Gasteiger partial charge in [-0.3, -0.25) is 4.79 Å². The zero-order valence-electron chi connectivity index (χ0n) is 8.38. The average Bonchev–Trinajstić information content (AvgIpc) is 2.16. The average molecular weight is 215 g/mol. The Balaban J connectivity index is 3.38. The second-order valence-corrected chi connectivity index (χ2v) is 3.04. The number of alkyl halides is 2. The molecular weight excluding hydrogens is 204 g/mol. The molecule has 0 saturated heterocycles. The highest BCUT2D eigenvalue weighted by atomic mass is 19.3. The van der Waals surface area contributed by atoms with Gasteiger partial charge >= 0.3 is 0 Å². The third-order valence-corrected chi connectivity index (χ3v) is 2.02. The molecule has 0 saturated carbocycles. The molecule has 0 aliphatic rings. The number of hydrogen-bond acceptors (Lipinski definition) is 3. The van der Waals surface area contributed by atoms with Crippen LogP contribution in [0, 0.1) is 0 Å². The molecule has 2 N–H and O–H groups in total. The number of ether oxygens (including phenoxy) is 1. The van der Waals surface area contributed by atoms with Crippen LogP contribution in [0.4, 0.5) is 14.5 Å². The quantitative estimate of drug-likeness (QED) is 0.622. The molecule has 1 aromatic carbocycles. The summed E-state index contributed by atoms with van der Waals surface area (Å²) in [5.41, 5.74) is 5.27. The molecule has 0 fully saturated rings. The molecule has 5 heteroatoms. The number of carbonyl (C=O) groups excluding carboxylic acids is 1. The number of carbonyl (C=O) groups is 1. The van der Waals surface area contributed by atoms with Crippen molar-refractivity contribution in [3.8, 4) is 5.75 Å². The van der Waals surface area contributed by atoms with Gasteiger partial charge in [-0.05, 0) is 19.1 Å². The summed E-state index contributed by atoms with van der Waals surface area (Å²) in [7, 11) is 1.33. The maximum Gasteiger partial charge on any atom is 0.264 e. The van der Waals surface area contributed by atoms with Crippen molar-refractivity contribution < 1.29 is 18.3 Å². The molecule has 0 aliphatic carbocycles. The van der Waals surface area contributed by atoms with Crippen LogP contribution in [0.15, 0.2) is 12.1 Å². The molecule has 1 rings (SSSR count). The summed E-state index contributed by atoms with van der Waals surface area (Å²) in [4.78, 5) is 11.1. The van der Waals surface area contributed by atoms with Gasteiger partial charge in [0.1, 0.15) is 5.75 Å². The van der Waals surface area contributed by atoms with Gasteiger partial charge in [0.2, 0.25) is 0 Å². The van der Waals surface area contributed by atoms with Gasteiger partial charge in [0, 0.05) is 11.1 Å². The van der Waals surface area contributed by atoms with Gasteiger partial charge in [0.05, 0.1) is 12.8 Å². The second-order valence-electron chi connectivity index (χ2n) is 3.04. The van der Waals surface area contributed by atoms with Crippen molar-refractivity contribution in [1.82, 2.24) is 0 Å². The number of nitrogens with two attached hydrogens (primary N) is 1. The minimum absolute atomic E-state index is 0.0664. The third-order valence-electron chi connectivity index (χ3n) is 2.02. The Morgan fingerprint density at radius 2 is 2.07 bits per heavy atom. The van der Waals surface area contributed by atoms with Crippen LogP contribution in [0.1, 0.15) is 29.3 Å². The zero-order chi connectivity index (χ0) is 11.6. The van der Waals surface area contributed by atoms with E-state index in [4.69, 9.17) is 10.5 Å². The summed E-state index contributed by atoms with van der Waals surface area (Å²) < 4.78 is 30.0. The van der Waals surface area contributed by atoms with Crippen molar-refractivity contribution in [1.29, 1.82) is 0 Å². The van der Waals surface area contributed by atoms with Crippen LogP contribution in [0.25, 0.3) is 0 Å². The first kappa shape index (κ1) is 11.4. The Kier molecular flexibility index (Phi) is 3.24. The molecule has 82 valence electrons. The van der Waals surface area contributed by atoms with Crippen LogP contribution in [-0.2, 0) is 0 Å². The molecule has 0 aromatic heterocycles. The van der Waals surface area contributed by atoms with Gasteiger partial charge in [0.15, 0.2) is 5.78 Å². The lowest BCUT2D eigenvalue weighted by molar-refractivity contribution is 0.0999. The molecule has 0 amide bonds. The van der Waals surface area contributed by atoms with Gasteiger partial charge in [-0.1, -0.05) is 0 Å². The Labute approximate surface area is 85.8 Å². The fourth-order valence-corrected chi connectivity index (χ4v) is 1.27. The predicted octanol–water partition coefficient (Wildman–Crippen LogP) is 2.42. The normalized spacial score (nSPS) is 10.5. The topological polar surface area (TPSA) is 52.3 Å². The van der Waals surface area contributed by atoms with Crippen molar-refractivity contribution in [3.05, 3.63) is 23.3 Å². The smallest absolute Gasteiger partial charge is 0.264 e. The lowest BCUT2D eigenvalue weighted by Crippen LogP contribution is -2.03. The third kappa shape index (κ3) is 2.23. The van der Waals surface area contributed by atoms with Crippen LogP contribution in [0.3, 0.4) is 0 Å². The summed E-state index contributed by atoms with van der Waals surface area (Å²) in [6, 6.07) is 2.30. The molecular formula is C10H11F2NO2. The Hall–Kier alpha value is -1.65. The number of methoxy groups -OCH3 is 1. The van der Waals surface area contributed by atoms with E-state index in [9.17, 15) is 13.6 Å². The van der Waals surface area contributed by atoms with Crippen LogP contribution >= 0.6 is 0 Å². The Bertz CT molecular complexity index is 391. The highest BCUT2D eigenvalue weighted by molar-refractivity contribution is 5.97. The first-order valence-corrected chi connectivity index (χ1v) is 4.23. The van der Waals surface area contributed by atoms with E-state index in [-0.39, 0.29) is 22.6 Å². The minimum atomic E-state index is -2.72. The number of hydrogen-bond donors (Lipinski definition) is 1. The molecule has 0 unspecified atom stereocenters. The molecule has 0 radical (unpaired) electrons. The zero-order valence-corrected chi connectivity index (χ0v) is 8.38. The number of halogens is 2. The van der Waals surface area contributed by atoms with E-state index in [1.54, 1.807) is 0 Å². The van der Waals surface area contributed by atoms with Crippen molar-refractivity contribution in [2.45, 2.75) is 13.3 Å². The molecule has 15 heavy (non-hydrogen) atoms. The van der Waals surface area contributed by atoms with Gasteiger partial charge in [-0.25, -0.2) is 8.78 Å². The van der Waals surface area contributed by atoms with Crippen molar-refractivity contribution >= 4 is 11.5 Å². The van der Waals surface area contributed by atoms with Crippen molar-refractivity contribution in [2.75, 3.05) is 12.8 Å². The SMILES string of the molecule is COc1cc(C(F)F)c(C(C)=O)cc1N. The summed E-state index contributed by atoms with van der Waals surface area (Å²) in [6.07, 6.45) is -2.72. The molecule has 1 aromatic rings. The molecule has 3 nitrogen and oxygen atoms in total. The maximum atomic E-state index is 12.6. The number of anilines is 1. The number of ketones is 1. The fourth-order valence-electron chi connectivity index (χ4n) is 1.27. The number of nitrogen functional groups attached to an aromatic ring is 1. The van der Waals surface area contributed by atoms with Crippen molar-refractivity contribution in [2.24, 2.45) is 0 Å². The van der Waals surface area contributed by atoms with Crippen molar-refractivity contribution in [3.63, 3.8) is 0 Å². The highest BCUT2D eigenvalue weighted by Crippen LogP contribution is 2.31. The standard InChI is InChI=1S/C10H11F2NO2/c1-5(14)6-3-8(13)9(15-2)4-7(6)10(11)12/h3-4,10H,13H2,1-2H3. The molecule has 0 bridgehead atoms.